The van der Waals surface area contributed by atoms with Gasteiger partial charge < -0.3 is 5.32 Å². The van der Waals surface area contributed by atoms with E-state index in [1.54, 1.807) is 16.8 Å². The lowest BCUT2D eigenvalue weighted by atomic mass is 10.3. The third kappa shape index (κ3) is 2.76. The topological polar surface area (TPSA) is 81.0 Å². The Kier molecular flexibility index (Phi) is 3.29. The molecule has 7 heteroatoms. The van der Waals surface area contributed by atoms with Gasteiger partial charge in [-0.1, -0.05) is 0 Å². The summed E-state index contributed by atoms with van der Waals surface area (Å²) in [5.74, 6) is 0.493. The summed E-state index contributed by atoms with van der Waals surface area (Å²) in [6.07, 6.45) is 1.42. The summed E-state index contributed by atoms with van der Waals surface area (Å²) in [7, 11) is 0. The van der Waals surface area contributed by atoms with Gasteiger partial charge in [0.05, 0.1) is 28.7 Å². The molecule has 0 aliphatic carbocycles. The summed E-state index contributed by atoms with van der Waals surface area (Å²) in [4.78, 5) is 19.4. The van der Waals surface area contributed by atoms with Crippen molar-refractivity contribution in [1.82, 2.24) is 9.97 Å². The van der Waals surface area contributed by atoms with Gasteiger partial charge in [0, 0.05) is 17.1 Å². The fourth-order valence-corrected chi connectivity index (χ4v) is 2.01. The fraction of sp³-hybridized carbons (Fsp3) is 0.200. The minimum Gasteiger partial charge on any atom is -0.365 e. The molecule has 0 fully saturated rings. The highest BCUT2D eigenvalue weighted by atomic mass is 32.1. The Morgan fingerprint density at radius 3 is 3.00 bits per heavy atom. The van der Waals surface area contributed by atoms with E-state index in [4.69, 9.17) is 0 Å². The Balaban J connectivity index is 2.07. The van der Waals surface area contributed by atoms with Gasteiger partial charge in [0.2, 0.25) is 0 Å². The molecule has 0 atom stereocenters. The number of nitrogens with one attached hydrogen (secondary N) is 1. The number of hydrogen-bond donors (Lipinski definition) is 1. The molecule has 0 unspecified atom stereocenters. The lowest BCUT2D eigenvalue weighted by Crippen LogP contribution is -2.01. The zero-order valence-electron chi connectivity index (χ0n) is 9.08. The van der Waals surface area contributed by atoms with Crippen LogP contribution in [0.15, 0.2) is 23.8 Å². The second kappa shape index (κ2) is 4.88. The average Bonchev–Trinajstić information content (AvgIpc) is 2.72. The van der Waals surface area contributed by atoms with Gasteiger partial charge in [-0.05, 0) is 6.92 Å². The van der Waals surface area contributed by atoms with Crippen molar-refractivity contribution >= 4 is 22.8 Å². The predicted molar refractivity (Wildman–Crippen MR) is 65.1 cm³/mol. The summed E-state index contributed by atoms with van der Waals surface area (Å²) in [6.45, 7) is 2.50. The van der Waals surface area contributed by atoms with Gasteiger partial charge >= 0.3 is 0 Å². The van der Waals surface area contributed by atoms with E-state index < -0.39 is 4.92 Å². The van der Waals surface area contributed by atoms with Crippen LogP contribution in [0.5, 0.6) is 0 Å². The third-order valence-electron chi connectivity index (χ3n) is 2.23. The summed E-state index contributed by atoms with van der Waals surface area (Å²) in [5, 5.41) is 13.6. The van der Waals surface area contributed by atoms with Crippen molar-refractivity contribution in [3.63, 3.8) is 0 Å². The van der Waals surface area contributed by atoms with Gasteiger partial charge in [-0.2, -0.15) is 0 Å². The number of nitro groups is 1. The number of pyridine rings is 1. The molecule has 0 saturated heterocycles. The molecule has 0 spiro atoms. The molecule has 2 rings (SSSR count). The van der Waals surface area contributed by atoms with Crippen molar-refractivity contribution in [1.29, 1.82) is 0 Å². The summed E-state index contributed by atoms with van der Waals surface area (Å²) in [6, 6.07) is 2.78. The first kappa shape index (κ1) is 11.5. The first-order valence-electron chi connectivity index (χ1n) is 4.90. The van der Waals surface area contributed by atoms with Crippen molar-refractivity contribution in [2.75, 3.05) is 5.32 Å². The molecule has 2 aromatic heterocycles. The van der Waals surface area contributed by atoms with Crippen LogP contribution in [0.3, 0.4) is 0 Å². The van der Waals surface area contributed by atoms with Crippen molar-refractivity contribution < 1.29 is 4.92 Å². The molecule has 0 bridgehead atoms. The Hall–Kier alpha value is -2.02. The smallest absolute Gasteiger partial charge is 0.274 e. The van der Waals surface area contributed by atoms with Gasteiger partial charge in [0.1, 0.15) is 5.82 Å². The van der Waals surface area contributed by atoms with Gasteiger partial charge in [0.15, 0.2) is 0 Å². The molecule has 0 aliphatic rings. The predicted octanol–water partition coefficient (Wildman–Crippen LogP) is 2.37. The zero-order valence-corrected chi connectivity index (χ0v) is 9.90. The Labute approximate surface area is 102 Å². The van der Waals surface area contributed by atoms with Crippen LogP contribution in [0.2, 0.25) is 0 Å². The molecule has 17 heavy (non-hydrogen) atoms. The van der Waals surface area contributed by atoms with Crippen LogP contribution in [0.1, 0.15) is 10.6 Å². The van der Waals surface area contributed by atoms with Crippen molar-refractivity contribution in [2.45, 2.75) is 13.5 Å². The van der Waals surface area contributed by atoms with E-state index in [2.05, 4.69) is 15.3 Å². The summed E-state index contributed by atoms with van der Waals surface area (Å²) >= 11 is 1.54. The Morgan fingerprint density at radius 1 is 1.53 bits per heavy atom. The minimum atomic E-state index is -0.440. The van der Waals surface area contributed by atoms with Crippen molar-refractivity contribution in [3.05, 3.63) is 44.5 Å². The number of rotatable bonds is 4. The van der Waals surface area contributed by atoms with E-state index in [9.17, 15) is 10.1 Å². The molecule has 0 aromatic carbocycles. The molecular weight excluding hydrogens is 240 g/mol. The average molecular weight is 250 g/mol. The van der Waals surface area contributed by atoms with E-state index in [1.807, 2.05) is 6.92 Å². The molecule has 0 aliphatic heterocycles. The fourth-order valence-electron chi connectivity index (χ4n) is 1.30. The first-order chi connectivity index (χ1) is 8.16. The third-order valence-corrected chi connectivity index (χ3v) is 3.16. The number of thiazole rings is 1. The highest BCUT2D eigenvalue weighted by molar-refractivity contribution is 7.09. The van der Waals surface area contributed by atoms with Gasteiger partial charge in [-0.3, -0.25) is 10.1 Å². The largest absolute Gasteiger partial charge is 0.365 e. The van der Waals surface area contributed by atoms with E-state index in [1.165, 1.54) is 18.3 Å². The van der Waals surface area contributed by atoms with Gasteiger partial charge in [-0.25, -0.2) is 9.97 Å². The van der Waals surface area contributed by atoms with E-state index in [0.29, 0.717) is 12.4 Å². The van der Waals surface area contributed by atoms with Crippen LogP contribution >= 0.6 is 11.3 Å². The lowest BCUT2D eigenvalue weighted by molar-refractivity contribution is -0.384. The SMILES string of the molecule is Cc1ncsc1CNc1cc([N+](=O)[O-])ccn1. The molecule has 0 saturated carbocycles. The highest BCUT2D eigenvalue weighted by Gasteiger charge is 2.07. The Bertz CT molecular complexity index is 541. The summed E-state index contributed by atoms with van der Waals surface area (Å²) < 4.78 is 0. The maximum absolute atomic E-state index is 10.6. The number of hydrogen-bond acceptors (Lipinski definition) is 6. The van der Waals surface area contributed by atoms with Crippen molar-refractivity contribution in [3.8, 4) is 0 Å². The van der Waals surface area contributed by atoms with Crippen LogP contribution in [-0.2, 0) is 6.54 Å². The van der Waals surface area contributed by atoms with Crippen LogP contribution in [0, 0.1) is 17.0 Å². The van der Waals surface area contributed by atoms with Crippen molar-refractivity contribution in [2.24, 2.45) is 0 Å². The minimum absolute atomic E-state index is 0.0310. The molecule has 2 heterocycles. The molecule has 88 valence electrons. The number of anilines is 1. The normalized spacial score (nSPS) is 10.2. The second-order valence-corrected chi connectivity index (χ2v) is 4.31. The zero-order chi connectivity index (χ0) is 12.3. The highest BCUT2D eigenvalue weighted by Crippen LogP contribution is 2.17. The Morgan fingerprint density at radius 2 is 2.35 bits per heavy atom. The number of aromatic nitrogens is 2. The van der Waals surface area contributed by atoms with Gasteiger partial charge in [0.25, 0.3) is 5.69 Å². The monoisotopic (exact) mass is 250 g/mol. The molecule has 0 amide bonds. The van der Waals surface area contributed by atoms with Crippen LogP contribution < -0.4 is 5.32 Å². The van der Waals surface area contributed by atoms with E-state index in [0.717, 1.165) is 10.6 Å². The maximum Gasteiger partial charge on any atom is 0.274 e. The van der Waals surface area contributed by atoms with Crippen LogP contribution in [-0.4, -0.2) is 14.9 Å². The standard InChI is InChI=1S/C10H10N4O2S/c1-7-9(17-6-13-7)5-12-10-4-8(14(15)16)2-3-11-10/h2-4,6H,5H2,1H3,(H,11,12). The number of nitrogens with zero attached hydrogens (tertiary/aromatic N) is 3. The van der Waals surface area contributed by atoms with Crippen LogP contribution in [0.4, 0.5) is 11.5 Å². The molecule has 2 aromatic rings. The molecule has 1 N–H and O–H groups in total. The molecule has 0 radical (unpaired) electrons. The van der Waals surface area contributed by atoms with Gasteiger partial charge in [-0.15, -0.1) is 11.3 Å². The molecular formula is C10H10N4O2S. The first-order valence-corrected chi connectivity index (χ1v) is 5.78. The van der Waals surface area contributed by atoms with E-state index >= 15 is 0 Å². The second-order valence-electron chi connectivity index (χ2n) is 3.37. The lowest BCUT2D eigenvalue weighted by Gasteiger charge is -2.03. The summed E-state index contributed by atoms with van der Waals surface area (Å²) in [5.41, 5.74) is 2.77. The maximum atomic E-state index is 10.6. The van der Waals surface area contributed by atoms with E-state index in [-0.39, 0.29) is 5.69 Å². The number of aryl methyl sites for hydroxylation is 1. The van der Waals surface area contributed by atoms with Crippen LogP contribution in [0.25, 0.3) is 0 Å². The molecule has 6 nitrogen and oxygen atoms in total. The quantitative estimate of drug-likeness (QED) is 0.665.